The van der Waals surface area contributed by atoms with Crippen LogP contribution in [0.1, 0.15) is 278 Å². The molecule has 0 heterocycles. The maximum absolute atomic E-state index is 12.9. The minimum atomic E-state index is -0.818. The summed E-state index contributed by atoms with van der Waals surface area (Å²) in [7, 11) is 0. The highest BCUT2D eigenvalue weighted by Crippen LogP contribution is 2.15. The molecule has 1 atom stereocenters. The van der Waals surface area contributed by atoms with Crippen LogP contribution in [-0.4, -0.2) is 37.2 Å². The van der Waals surface area contributed by atoms with Crippen LogP contribution < -0.4 is 0 Å². The molecule has 0 aliphatic heterocycles. The molecule has 0 aromatic rings. The fourth-order valence-corrected chi connectivity index (χ4v) is 8.76. The molecule has 0 N–H and O–H groups in total. The molecular formula is C77H122O6. The summed E-state index contributed by atoms with van der Waals surface area (Å²) >= 11 is 0. The highest BCUT2D eigenvalue weighted by atomic mass is 16.6. The molecule has 0 aromatic heterocycles. The van der Waals surface area contributed by atoms with Crippen molar-refractivity contribution in [1.29, 1.82) is 0 Å². The molecule has 0 spiro atoms. The topological polar surface area (TPSA) is 78.9 Å². The molecule has 0 aliphatic rings. The van der Waals surface area contributed by atoms with Gasteiger partial charge in [0.25, 0.3) is 0 Å². The molecule has 83 heavy (non-hydrogen) atoms. The number of allylic oxidation sites excluding steroid dienone is 28. The third-order valence-electron chi connectivity index (χ3n) is 13.7. The van der Waals surface area contributed by atoms with Crippen LogP contribution in [0.4, 0.5) is 0 Å². The Bertz CT molecular complexity index is 1890. The number of esters is 3. The normalized spacial score (nSPS) is 13.2. The molecule has 0 bridgehead atoms. The average molecular weight is 1140 g/mol. The zero-order valence-corrected chi connectivity index (χ0v) is 53.4. The molecule has 6 nitrogen and oxygen atoms in total. The molecule has 6 heteroatoms. The van der Waals surface area contributed by atoms with Gasteiger partial charge in [-0.3, -0.25) is 14.4 Å². The third kappa shape index (κ3) is 67.4. The Morgan fingerprint density at radius 3 is 0.759 bits per heavy atom. The predicted octanol–water partition coefficient (Wildman–Crippen LogP) is 23.4. The van der Waals surface area contributed by atoms with Crippen LogP contribution in [-0.2, 0) is 28.6 Å². The fourth-order valence-electron chi connectivity index (χ4n) is 8.76. The number of hydrogen-bond acceptors (Lipinski definition) is 6. The van der Waals surface area contributed by atoms with E-state index in [0.717, 1.165) is 154 Å². The van der Waals surface area contributed by atoms with E-state index in [0.29, 0.717) is 19.3 Å². The summed E-state index contributed by atoms with van der Waals surface area (Å²) in [4.78, 5) is 38.3. The number of unbranched alkanes of at least 4 members (excludes halogenated alkanes) is 20. The van der Waals surface area contributed by atoms with Gasteiger partial charge in [-0.15, -0.1) is 0 Å². The third-order valence-corrected chi connectivity index (χ3v) is 13.7. The lowest BCUT2D eigenvalue weighted by Gasteiger charge is -2.18. The van der Waals surface area contributed by atoms with Gasteiger partial charge in [0.15, 0.2) is 6.10 Å². The summed E-state index contributed by atoms with van der Waals surface area (Å²) < 4.78 is 16.9. The van der Waals surface area contributed by atoms with Gasteiger partial charge in [-0.1, -0.05) is 294 Å². The van der Waals surface area contributed by atoms with E-state index < -0.39 is 6.10 Å². The second-order valence-electron chi connectivity index (χ2n) is 21.6. The molecule has 0 radical (unpaired) electrons. The van der Waals surface area contributed by atoms with Crippen molar-refractivity contribution >= 4 is 17.9 Å². The van der Waals surface area contributed by atoms with Crippen LogP contribution in [0, 0.1) is 0 Å². The number of carbonyl (C=O) groups is 3. The second kappa shape index (κ2) is 69.3. The van der Waals surface area contributed by atoms with Crippen molar-refractivity contribution in [2.45, 2.75) is 284 Å². The van der Waals surface area contributed by atoms with E-state index in [1.165, 1.54) is 77.0 Å². The Morgan fingerprint density at radius 1 is 0.253 bits per heavy atom. The first-order chi connectivity index (χ1) is 41.0. The summed E-state index contributed by atoms with van der Waals surface area (Å²) in [5, 5.41) is 0. The van der Waals surface area contributed by atoms with Crippen LogP contribution in [0.5, 0.6) is 0 Å². The SMILES string of the molecule is CC/C=C\C/C=C\C/C=C\C/C=C\C/C=C\C/C=C\C/C=C\C/C=C\C/C=C\C/C=C\CCCCCCC(=O)OCC(COC(=O)CCCCCCCCCCCCCCCCC)OC(=O)CCCC/C=C\C/C=C\C/C=C\C/C=C\CC. The average Bonchev–Trinajstić information content (AvgIpc) is 3.49. The van der Waals surface area contributed by atoms with Gasteiger partial charge < -0.3 is 14.2 Å². The minimum Gasteiger partial charge on any atom is -0.462 e. The number of rotatable bonds is 59. The van der Waals surface area contributed by atoms with Gasteiger partial charge in [-0.25, -0.2) is 0 Å². The number of carbonyl (C=O) groups excluding carboxylic acids is 3. The van der Waals surface area contributed by atoms with E-state index in [4.69, 9.17) is 14.2 Å². The van der Waals surface area contributed by atoms with E-state index in [1.807, 2.05) is 0 Å². The minimum absolute atomic E-state index is 0.107. The first-order valence-corrected chi connectivity index (χ1v) is 33.6. The molecule has 0 saturated carbocycles. The Balaban J connectivity index is 4.38. The lowest BCUT2D eigenvalue weighted by atomic mass is 10.0. The van der Waals surface area contributed by atoms with Gasteiger partial charge in [0.2, 0.25) is 0 Å². The van der Waals surface area contributed by atoms with Crippen molar-refractivity contribution in [2.75, 3.05) is 13.2 Å². The molecule has 0 saturated heterocycles. The van der Waals surface area contributed by atoms with Gasteiger partial charge in [0, 0.05) is 19.3 Å². The first-order valence-electron chi connectivity index (χ1n) is 33.6. The molecule has 0 amide bonds. The molecule has 466 valence electrons. The highest BCUT2D eigenvalue weighted by molar-refractivity contribution is 5.71. The number of hydrogen-bond donors (Lipinski definition) is 0. The van der Waals surface area contributed by atoms with E-state index in [-0.39, 0.29) is 37.5 Å². The van der Waals surface area contributed by atoms with E-state index in [2.05, 4.69) is 191 Å². The molecule has 0 aromatic carbocycles. The quantitative estimate of drug-likeness (QED) is 0.0261. The van der Waals surface area contributed by atoms with Crippen LogP contribution in [0.3, 0.4) is 0 Å². The van der Waals surface area contributed by atoms with Gasteiger partial charge in [0.05, 0.1) is 0 Å². The Labute approximate surface area is 511 Å². The van der Waals surface area contributed by atoms with Crippen LogP contribution >= 0.6 is 0 Å². The summed E-state index contributed by atoms with van der Waals surface area (Å²) in [5.74, 6) is -0.976. The largest absolute Gasteiger partial charge is 0.462 e. The molecule has 0 fully saturated rings. The fraction of sp³-hybridized carbons (Fsp3) is 0.597. The van der Waals surface area contributed by atoms with Gasteiger partial charge in [-0.05, 0) is 135 Å². The highest BCUT2D eigenvalue weighted by Gasteiger charge is 2.19. The zero-order valence-electron chi connectivity index (χ0n) is 53.4. The molecule has 1 unspecified atom stereocenters. The van der Waals surface area contributed by atoms with Crippen LogP contribution in [0.2, 0.25) is 0 Å². The van der Waals surface area contributed by atoms with Gasteiger partial charge >= 0.3 is 17.9 Å². The maximum Gasteiger partial charge on any atom is 0.306 e. The van der Waals surface area contributed by atoms with Crippen molar-refractivity contribution in [3.05, 3.63) is 170 Å². The lowest BCUT2D eigenvalue weighted by Crippen LogP contribution is -2.30. The predicted molar refractivity (Wildman–Crippen MR) is 361 cm³/mol. The summed E-state index contributed by atoms with van der Waals surface area (Å²) in [6, 6.07) is 0. The van der Waals surface area contributed by atoms with E-state index in [9.17, 15) is 14.4 Å². The van der Waals surface area contributed by atoms with Crippen LogP contribution in [0.25, 0.3) is 0 Å². The Kier molecular flexibility index (Phi) is 64.9. The van der Waals surface area contributed by atoms with Crippen molar-refractivity contribution in [1.82, 2.24) is 0 Å². The standard InChI is InChI=1S/C77H122O6/c1-4-7-10-13-16-19-22-25-28-29-30-31-32-33-34-35-36-37-38-39-40-41-42-43-44-45-46-47-50-52-55-58-61-64-67-70-76(79)82-73-74(83-77(80)71-68-65-62-59-56-53-49-27-24-21-18-15-12-9-6-3)72-81-75(78)69-66-63-60-57-54-51-48-26-23-20-17-14-11-8-5-2/h7,9-10,12,16,18-19,21,25,27-28,30-31,33-34,36-37,39-40,42-43,45-46,49-50,52,56,59,74H,4-6,8,11,13-15,17,20,22-24,26,29,32,35,38,41,44,47-48,51,53-55,57-58,60-73H2,1-3H3/b10-7-,12-9-,19-16-,21-18-,28-25-,31-30-,34-33-,37-36-,40-39-,43-42-,46-45-,49-27-,52-50-,59-56-. The van der Waals surface area contributed by atoms with Crippen molar-refractivity contribution < 1.29 is 28.6 Å². The smallest absolute Gasteiger partial charge is 0.306 e. The monoisotopic (exact) mass is 1140 g/mol. The summed E-state index contributed by atoms with van der Waals surface area (Å²) in [5.41, 5.74) is 0. The van der Waals surface area contributed by atoms with Crippen molar-refractivity contribution in [3.8, 4) is 0 Å². The lowest BCUT2D eigenvalue weighted by molar-refractivity contribution is -0.167. The summed E-state index contributed by atoms with van der Waals surface area (Å²) in [6.07, 6.45) is 102. The van der Waals surface area contributed by atoms with E-state index >= 15 is 0 Å². The Hall–Kier alpha value is -5.23. The van der Waals surface area contributed by atoms with Gasteiger partial charge in [0.1, 0.15) is 13.2 Å². The Morgan fingerprint density at radius 2 is 0.470 bits per heavy atom. The first kappa shape index (κ1) is 77.8. The molecule has 0 rings (SSSR count). The van der Waals surface area contributed by atoms with Gasteiger partial charge in [-0.2, -0.15) is 0 Å². The number of ether oxygens (including phenoxy) is 3. The van der Waals surface area contributed by atoms with Crippen LogP contribution in [0.15, 0.2) is 170 Å². The van der Waals surface area contributed by atoms with E-state index in [1.54, 1.807) is 0 Å². The molecular weight excluding hydrogens is 1020 g/mol. The zero-order chi connectivity index (χ0) is 59.9. The second-order valence-corrected chi connectivity index (χ2v) is 21.6. The maximum atomic E-state index is 12.9. The van der Waals surface area contributed by atoms with Crippen molar-refractivity contribution in [3.63, 3.8) is 0 Å². The summed E-state index contributed by atoms with van der Waals surface area (Å²) in [6.45, 7) is 6.36. The molecule has 0 aliphatic carbocycles. The van der Waals surface area contributed by atoms with Crippen molar-refractivity contribution in [2.24, 2.45) is 0 Å².